The summed E-state index contributed by atoms with van der Waals surface area (Å²) in [6.07, 6.45) is 1.84. The third kappa shape index (κ3) is 3.67. The summed E-state index contributed by atoms with van der Waals surface area (Å²) in [5.41, 5.74) is 5.78. The number of amides is 1. The Kier molecular flexibility index (Phi) is 5.89. The summed E-state index contributed by atoms with van der Waals surface area (Å²) in [5.74, 6) is -1.64. The second kappa shape index (κ2) is 6.99. The van der Waals surface area contributed by atoms with Gasteiger partial charge in [0.2, 0.25) is 0 Å². The van der Waals surface area contributed by atoms with Gasteiger partial charge in [-0.05, 0) is 37.8 Å². The van der Waals surface area contributed by atoms with Gasteiger partial charge in [-0.2, -0.15) is 0 Å². The Hall–Kier alpha value is -1.20. The van der Waals surface area contributed by atoms with Crippen LogP contribution in [-0.2, 0) is 0 Å². The zero-order valence-corrected chi connectivity index (χ0v) is 12.1. The fourth-order valence-corrected chi connectivity index (χ4v) is 2.46. The molecule has 2 rings (SSSR count). The van der Waals surface area contributed by atoms with E-state index in [0.29, 0.717) is 13.1 Å². The molecule has 1 aromatic rings. The number of carbonyl (C=O) groups excluding carboxylic acids is 1. The molecule has 112 valence electrons. The van der Waals surface area contributed by atoms with Crippen LogP contribution in [0.5, 0.6) is 0 Å². The largest absolute Gasteiger partial charge is 0.338 e. The van der Waals surface area contributed by atoms with Gasteiger partial charge in [0.25, 0.3) is 5.91 Å². The van der Waals surface area contributed by atoms with E-state index in [1.165, 1.54) is 6.07 Å². The molecule has 1 heterocycles. The normalized spacial score (nSPS) is 20.2. The zero-order valence-electron chi connectivity index (χ0n) is 11.3. The fraction of sp³-hybridized carbons (Fsp3) is 0.500. The third-order valence-electron chi connectivity index (χ3n) is 3.65. The number of likely N-dealkylation sites (tertiary alicyclic amines) is 1. The average molecular weight is 305 g/mol. The fourth-order valence-electron chi connectivity index (χ4n) is 2.46. The van der Waals surface area contributed by atoms with E-state index in [9.17, 15) is 13.6 Å². The van der Waals surface area contributed by atoms with Gasteiger partial charge in [0, 0.05) is 25.2 Å². The molecule has 1 amide bonds. The SMILES string of the molecule is CC(N)C1CCCN(C(=O)c2ccc(F)cc2F)C1.Cl. The van der Waals surface area contributed by atoms with E-state index >= 15 is 0 Å². The first-order chi connectivity index (χ1) is 8.99. The molecule has 2 N–H and O–H groups in total. The van der Waals surface area contributed by atoms with Gasteiger partial charge in [0.15, 0.2) is 0 Å². The molecule has 3 nitrogen and oxygen atoms in total. The second-order valence-electron chi connectivity index (χ2n) is 5.14. The summed E-state index contributed by atoms with van der Waals surface area (Å²) in [6, 6.07) is 3.04. The van der Waals surface area contributed by atoms with Crippen LogP contribution in [-0.4, -0.2) is 29.9 Å². The van der Waals surface area contributed by atoms with E-state index in [0.717, 1.165) is 25.0 Å². The van der Waals surface area contributed by atoms with E-state index in [4.69, 9.17) is 5.73 Å². The lowest BCUT2D eigenvalue weighted by Gasteiger charge is -2.34. The Morgan fingerprint density at radius 1 is 1.45 bits per heavy atom. The molecule has 1 fully saturated rings. The second-order valence-corrected chi connectivity index (χ2v) is 5.14. The van der Waals surface area contributed by atoms with Gasteiger partial charge in [0.1, 0.15) is 11.6 Å². The summed E-state index contributed by atoms with van der Waals surface area (Å²) in [4.78, 5) is 13.8. The number of rotatable bonds is 2. The lowest BCUT2D eigenvalue weighted by atomic mass is 9.92. The minimum Gasteiger partial charge on any atom is -0.338 e. The molecular weight excluding hydrogens is 286 g/mol. The van der Waals surface area contributed by atoms with E-state index in [2.05, 4.69) is 0 Å². The van der Waals surface area contributed by atoms with Gasteiger partial charge in [-0.15, -0.1) is 12.4 Å². The zero-order chi connectivity index (χ0) is 14.0. The minimum atomic E-state index is -0.812. The van der Waals surface area contributed by atoms with Gasteiger partial charge in [-0.1, -0.05) is 0 Å². The van der Waals surface area contributed by atoms with Crippen LogP contribution in [0.25, 0.3) is 0 Å². The number of hydrogen-bond acceptors (Lipinski definition) is 2. The van der Waals surface area contributed by atoms with Gasteiger partial charge in [0.05, 0.1) is 5.56 Å². The number of halogens is 3. The summed E-state index contributed by atoms with van der Waals surface area (Å²) in [5, 5.41) is 0. The minimum absolute atomic E-state index is 0. The number of piperidine rings is 1. The number of hydrogen-bond donors (Lipinski definition) is 1. The van der Waals surface area contributed by atoms with Crippen LogP contribution in [0.3, 0.4) is 0 Å². The molecule has 6 heteroatoms. The van der Waals surface area contributed by atoms with Crippen LogP contribution < -0.4 is 5.73 Å². The third-order valence-corrected chi connectivity index (χ3v) is 3.65. The highest BCUT2D eigenvalue weighted by Crippen LogP contribution is 2.21. The Balaban J connectivity index is 0.00000200. The molecule has 1 aromatic carbocycles. The van der Waals surface area contributed by atoms with Crippen LogP contribution in [0, 0.1) is 17.6 Å². The van der Waals surface area contributed by atoms with Crippen LogP contribution in [0.15, 0.2) is 18.2 Å². The van der Waals surface area contributed by atoms with Crippen molar-refractivity contribution in [3.05, 3.63) is 35.4 Å². The average Bonchev–Trinajstić information content (AvgIpc) is 2.38. The van der Waals surface area contributed by atoms with Crippen molar-refractivity contribution in [2.45, 2.75) is 25.8 Å². The first-order valence-corrected chi connectivity index (χ1v) is 6.49. The number of carbonyl (C=O) groups is 1. The topological polar surface area (TPSA) is 46.3 Å². The summed E-state index contributed by atoms with van der Waals surface area (Å²) < 4.78 is 26.4. The summed E-state index contributed by atoms with van der Waals surface area (Å²) >= 11 is 0. The Morgan fingerprint density at radius 2 is 2.15 bits per heavy atom. The van der Waals surface area contributed by atoms with E-state index < -0.39 is 11.6 Å². The highest BCUT2D eigenvalue weighted by atomic mass is 35.5. The Labute approximate surface area is 123 Å². The predicted molar refractivity (Wildman–Crippen MR) is 75.9 cm³/mol. The molecule has 0 aliphatic carbocycles. The molecule has 20 heavy (non-hydrogen) atoms. The summed E-state index contributed by atoms with van der Waals surface area (Å²) in [7, 11) is 0. The molecule has 0 saturated carbocycles. The maximum atomic E-state index is 13.6. The molecule has 2 atom stereocenters. The standard InChI is InChI=1S/C14H18F2N2O.ClH/c1-9(17)10-3-2-6-18(8-10)14(19)12-5-4-11(15)7-13(12)16;/h4-5,7,9-10H,2-3,6,8,17H2,1H3;1H. The van der Waals surface area contributed by atoms with Crippen molar-refractivity contribution in [1.29, 1.82) is 0 Å². The van der Waals surface area contributed by atoms with Crippen molar-refractivity contribution < 1.29 is 13.6 Å². The molecule has 0 bridgehead atoms. The maximum Gasteiger partial charge on any atom is 0.256 e. The van der Waals surface area contributed by atoms with Crippen LogP contribution in [0.1, 0.15) is 30.1 Å². The lowest BCUT2D eigenvalue weighted by molar-refractivity contribution is 0.0656. The molecule has 1 saturated heterocycles. The number of nitrogens with two attached hydrogens (primary N) is 1. The first-order valence-electron chi connectivity index (χ1n) is 6.49. The highest BCUT2D eigenvalue weighted by molar-refractivity contribution is 5.94. The first kappa shape index (κ1) is 16.9. The summed E-state index contributed by atoms with van der Waals surface area (Å²) in [6.45, 7) is 3.04. The van der Waals surface area contributed by atoms with E-state index in [1.807, 2.05) is 6.92 Å². The number of benzene rings is 1. The van der Waals surface area contributed by atoms with Gasteiger partial charge >= 0.3 is 0 Å². The van der Waals surface area contributed by atoms with Crippen molar-refractivity contribution in [2.75, 3.05) is 13.1 Å². The van der Waals surface area contributed by atoms with Crippen LogP contribution in [0.2, 0.25) is 0 Å². The molecule has 0 aromatic heterocycles. The maximum absolute atomic E-state index is 13.6. The van der Waals surface area contributed by atoms with Crippen LogP contribution in [0.4, 0.5) is 8.78 Å². The monoisotopic (exact) mass is 304 g/mol. The molecule has 0 radical (unpaired) electrons. The predicted octanol–water partition coefficient (Wildman–Crippen LogP) is 2.59. The molecule has 2 unspecified atom stereocenters. The van der Waals surface area contributed by atoms with Crippen molar-refractivity contribution in [2.24, 2.45) is 11.7 Å². The van der Waals surface area contributed by atoms with E-state index in [1.54, 1.807) is 4.90 Å². The van der Waals surface area contributed by atoms with Crippen molar-refractivity contribution in [1.82, 2.24) is 4.90 Å². The van der Waals surface area contributed by atoms with Crippen LogP contribution >= 0.6 is 12.4 Å². The van der Waals surface area contributed by atoms with Crippen molar-refractivity contribution in [3.63, 3.8) is 0 Å². The molecular formula is C14H19ClF2N2O. The van der Waals surface area contributed by atoms with Crippen molar-refractivity contribution in [3.8, 4) is 0 Å². The van der Waals surface area contributed by atoms with Gasteiger partial charge < -0.3 is 10.6 Å². The van der Waals surface area contributed by atoms with Crippen molar-refractivity contribution >= 4 is 18.3 Å². The quantitative estimate of drug-likeness (QED) is 0.913. The lowest BCUT2D eigenvalue weighted by Crippen LogP contribution is -2.45. The van der Waals surface area contributed by atoms with E-state index in [-0.39, 0.29) is 35.8 Å². The Morgan fingerprint density at radius 3 is 2.75 bits per heavy atom. The van der Waals surface area contributed by atoms with Gasteiger partial charge in [-0.25, -0.2) is 8.78 Å². The van der Waals surface area contributed by atoms with Gasteiger partial charge in [-0.3, -0.25) is 4.79 Å². The number of nitrogens with zero attached hydrogens (tertiary/aromatic N) is 1. The Bertz CT molecular complexity index is 482. The molecule has 1 aliphatic rings. The molecule has 1 aliphatic heterocycles. The molecule has 0 spiro atoms. The highest BCUT2D eigenvalue weighted by Gasteiger charge is 2.27. The smallest absolute Gasteiger partial charge is 0.256 e.